The molecule has 0 saturated heterocycles. The van der Waals surface area contributed by atoms with E-state index in [1.807, 2.05) is 84.9 Å². The maximum absolute atomic E-state index is 13.7. The van der Waals surface area contributed by atoms with Crippen molar-refractivity contribution in [3.05, 3.63) is 109 Å². The summed E-state index contributed by atoms with van der Waals surface area (Å²) in [6, 6.07) is 33.0. The number of hydrogen-bond donors (Lipinski definition) is 2. The summed E-state index contributed by atoms with van der Waals surface area (Å²) < 4.78 is 36.2. The molecule has 6 aromatic rings. The molecular formula is C28H20N4O3S. The number of nitrogens with zero attached hydrogens (tertiary/aromatic N) is 2. The van der Waals surface area contributed by atoms with E-state index in [-0.39, 0.29) is 16.7 Å². The lowest BCUT2D eigenvalue weighted by Crippen LogP contribution is -2.15. The van der Waals surface area contributed by atoms with Gasteiger partial charge >= 0.3 is 0 Å². The molecule has 176 valence electrons. The Hall–Kier alpha value is -4.69. The van der Waals surface area contributed by atoms with Gasteiger partial charge in [-0.15, -0.1) is 0 Å². The Morgan fingerprint density at radius 3 is 2.08 bits per heavy atom. The Morgan fingerprint density at radius 1 is 0.694 bits per heavy atom. The number of hydrogen-bond acceptors (Lipinski definition) is 5. The highest BCUT2D eigenvalue weighted by Crippen LogP contribution is 2.35. The minimum atomic E-state index is -4.14. The number of sulfonamides is 1. The van der Waals surface area contributed by atoms with Gasteiger partial charge < -0.3 is 9.40 Å². The summed E-state index contributed by atoms with van der Waals surface area (Å²) in [6.07, 6.45) is 0. The first-order valence-electron chi connectivity index (χ1n) is 11.3. The van der Waals surface area contributed by atoms with Gasteiger partial charge in [0.1, 0.15) is 5.82 Å². The van der Waals surface area contributed by atoms with Gasteiger partial charge in [0.05, 0.1) is 16.7 Å². The first kappa shape index (κ1) is 21.8. The van der Waals surface area contributed by atoms with Crippen molar-refractivity contribution in [2.75, 3.05) is 4.72 Å². The van der Waals surface area contributed by atoms with Crippen LogP contribution >= 0.6 is 0 Å². The summed E-state index contributed by atoms with van der Waals surface area (Å²) in [6.45, 7) is 0. The zero-order chi connectivity index (χ0) is 24.5. The fraction of sp³-hybridized carbons (Fsp3) is 0. The predicted molar refractivity (Wildman–Crippen MR) is 140 cm³/mol. The highest BCUT2D eigenvalue weighted by molar-refractivity contribution is 7.92. The monoisotopic (exact) mass is 492 g/mol. The van der Waals surface area contributed by atoms with Crippen LogP contribution in [-0.2, 0) is 10.0 Å². The number of aromatic nitrogens is 3. The molecule has 36 heavy (non-hydrogen) atoms. The van der Waals surface area contributed by atoms with E-state index in [2.05, 4.69) is 19.7 Å². The van der Waals surface area contributed by atoms with Gasteiger partial charge in [-0.1, -0.05) is 72.8 Å². The Balaban J connectivity index is 1.45. The van der Waals surface area contributed by atoms with Crippen LogP contribution in [0.5, 0.6) is 0 Å². The number of nitrogens with one attached hydrogen (secondary N) is 2. The van der Waals surface area contributed by atoms with Gasteiger partial charge in [0.25, 0.3) is 10.0 Å². The molecule has 6 rings (SSSR count). The number of imidazole rings is 1. The lowest BCUT2D eigenvalue weighted by molar-refractivity contribution is 0.581. The van der Waals surface area contributed by atoms with Crippen molar-refractivity contribution in [3.63, 3.8) is 0 Å². The summed E-state index contributed by atoms with van der Waals surface area (Å²) in [5.41, 5.74) is 3.93. The molecule has 0 fully saturated rings. The number of H-pyrrole nitrogens is 1. The third-order valence-electron chi connectivity index (χ3n) is 5.72. The zero-order valence-electron chi connectivity index (χ0n) is 18.9. The number of benzene rings is 4. The molecule has 0 bridgehead atoms. The van der Waals surface area contributed by atoms with Gasteiger partial charge in [0.2, 0.25) is 10.9 Å². The van der Waals surface area contributed by atoms with E-state index in [0.717, 1.165) is 11.0 Å². The SMILES string of the molecule is O=S(=O)(Nc1ccccc1-c1nc2ccccc2[nH]1)c1nc(-c2ccccc2)oc1-c1ccccc1. The number of para-hydroxylation sites is 3. The molecule has 0 unspecified atom stereocenters. The Kier molecular flexibility index (Phi) is 5.35. The van der Waals surface area contributed by atoms with Crippen LogP contribution in [0.2, 0.25) is 0 Å². The van der Waals surface area contributed by atoms with Crippen molar-refractivity contribution in [2.24, 2.45) is 0 Å². The van der Waals surface area contributed by atoms with Crippen molar-refractivity contribution in [2.45, 2.75) is 5.03 Å². The summed E-state index contributed by atoms with van der Waals surface area (Å²) >= 11 is 0. The summed E-state index contributed by atoms with van der Waals surface area (Å²) in [5, 5.41) is -0.188. The highest BCUT2D eigenvalue weighted by Gasteiger charge is 2.28. The fourth-order valence-corrected chi connectivity index (χ4v) is 5.19. The predicted octanol–water partition coefficient (Wildman–Crippen LogP) is 6.35. The number of oxazole rings is 1. The molecule has 0 saturated carbocycles. The topological polar surface area (TPSA) is 101 Å². The van der Waals surface area contributed by atoms with E-state index >= 15 is 0 Å². The zero-order valence-corrected chi connectivity index (χ0v) is 19.7. The first-order valence-corrected chi connectivity index (χ1v) is 12.8. The van der Waals surface area contributed by atoms with Gasteiger partial charge in [-0.2, -0.15) is 13.4 Å². The van der Waals surface area contributed by atoms with E-state index in [0.29, 0.717) is 28.2 Å². The molecule has 0 aliphatic rings. The Labute approximate surface area is 207 Å². The van der Waals surface area contributed by atoms with Crippen molar-refractivity contribution in [1.82, 2.24) is 15.0 Å². The lowest BCUT2D eigenvalue weighted by atomic mass is 10.2. The largest absolute Gasteiger partial charge is 0.435 e. The van der Waals surface area contributed by atoms with Crippen molar-refractivity contribution in [1.29, 1.82) is 0 Å². The molecule has 2 heterocycles. The van der Waals surface area contributed by atoms with Crippen LogP contribution in [0.25, 0.3) is 45.2 Å². The second kappa shape index (κ2) is 8.83. The third-order valence-corrected chi connectivity index (χ3v) is 7.00. The minimum absolute atomic E-state index is 0.170. The van der Waals surface area contributed by atoms with Crippen LogP contribution in [0.4, 0.5) is 5.69 Å². The van der Waals surface area contributed by atoms with Gasteiger partial charge in [-0.05, 0) is 36.4 Å². The molecule has 0 amide bonds. The maximum atomic E-state index is 13.7. The number of aromatic amines is 1. The average molecular weight is 493 g/mol. The first-order chi connectivity index (χ1) is 17.6. The van der Waals surface area contributed by atoms with E-state index in [1.165, 1.54) is 0 Å². The van der Waals surface area contributed by atoms with Crippen molar-refractivity contribution >= 4 is 26.7 Å². The summed E-state index contributed by atoms with van der Waals surface area (Å²) in [5.74, 6) is 0.950. The quantitative estimate of drug-likeness (QED) is 0.282. The van der Waals surface area contributed by atoms with Gasteiger partial charge in [-0.3, -0.25) is 4.72 Å². The molecule has 0 radical (unpaired) electrons. The van der Waals surface area contributed by atoms with Crippen molar-refractivity contribution in [3.8, 4) is 34.2 Å². The molecular weight excluding hydrogens is 472 g/mol. The molecule has 4 aromatic carbocycles. The van der Waals surface area contributed by atoms with E-state index in [4.69, 9.17) is 4.42 Å². The Morgan fingerprint density at radius 2 is 1.33 bits per heavy atom. The van der Waals surface area contributed by atoms with Crippen LogP contribution in [-0.4, -0.2) is 23.4 Å². The Bertz CT molecular complexity index is 1740. The van der Waals surface area contributed by atoms with Gasteiger partial charge in [0, 0.05) is 16.7 Å². The van der Waals surface area contributed by atoms with Crippen LogP contribution in [0.1, 0.15) is 0 Å². The van der Waals surface area contributed by atoms with E-state index in [9.17, 15) is 8.42 Å². The standard InChI is InChI=1S/C28H20N4O3S/c33-36(34,32-22-16-8-7-15-21(22)26-29-23-17-9-10-18-24(23)30-26)28-25(19-11-3-1-4-12-19)35-27(31-28)20-13-5-2-6-14-20/h1-18,32H,(H,29,30). The van der Waals surface area contributed by atoms with Gasteiger partial charge in [0.15, 0.2) is 5.76 Å². The third kappa shape index (κ3) is 4.03. The number of fused-ring (bicyclic) bond motifs is 1. The molecule has 0 spiro atoms. The van der Waals surface area contributed by atoms with Crippen LogP contribution in [0.3, 0.4) is 0 Å². The normalized spacial score (nSPS) is 11.6. The second-order valence-corrected chi connectivity index (χ2v) is 9.74. The molecule has 7 nitrogen and oxygen atoms in total. The average Bonchev–Trinajstić information content (AvgIpc) is 3.56. The van der Waals surface area contributed by atoms with Gasteiger partial charge in [-0.25, -0.2) is 4.98 Å². The molecule has 0 aliphatic carbocycles. The van der Waals surface area contributed by atoms with Crippen LogP contribution in [0, 0.1) is 0 Å². The molecule has 2 aromatic heterocycles. The molecule has 0 atom stereocenters. The summed E-state index contributed by atoms with van der Waals surface area (Å²) in [7, 11) is -4.14. The molecule has 2 N–H and O–H groups in total. The highest BCUT2D eigenvalue weighted by atomic mass is 32.2. The summed E-state index contributed by atoms with van der Waals surface area (Å²) in [4.78, 5) is 12.3. The van der Waals surface area contributed by atoms with E-state index < -0.39 is 10.0 Å². The van der Waals surface area contributed by atoms with Crippen molar-refractivity contribution < 1.29 is 12.8 Å². The molecule has 0 aliphatic heterocycles. The molecule has 8 heteroatoms. The fourth-order valence-electron chi connectivity index (χ4n) is 4.02. The maximum Gasteiger partial charge on any atom is 0.283 e. The van der Waals surface area contributed by atoms with E-state index in [1.54, 1.807) is 24.3 Å². The smallest absolute Gasteiger partial charge is 0.283 e. The van der Waals surface area contributed by atoms with Crippen LogP contribution < -0.4 is 4.72 Å². The number of rotatable bonds is 6. The minimum Gasteiger partial charge on any atom is -0.435 e. The lowest BCUT2D eigenvalue weighted by Gasteiger charge is -2.10. The second-order valence-electron chi connectivity index (χ2n) is 8.14. The van der Waals surface area contributed by atoms with Crippen LogP contribution in [0.15, 0.2) is 119 Å². The number of anilines is 1.